The standard InChI is InChI=1S/C16H22N2O3/c19-15(18-14-7-4-10-21-12-14)8-9-17-16(20)11-13-5-2-1-3-6-13/h1-3,5-6,14H,4,7-12H2,(H,17,20)(H,18,19)/t14-/m0/s1. The van der Waals surface area contributed by atoms with Gasteiger partial charge in [0.2, 0.25) is 11.8 Å². The Morgan fingerprint density at radius 2 is 2.00 bits per heavy atom. The number of carbonyl (C=O) groups is 2. The predicted molar refractivity (Wildman–Crippen MR) is 79.8 cm³/mol. The third kappa shape index (κ3) is 5.95. The summed E-state index contributed by atoms with van der Waals surface area (Å²) < 4.78 is 5.31. The molecule has 1 atom stereocenters. The average molecular weight is 290 g/mol. The van der Waals surface area contributed by atoms with Crippen molar-refractivity contribution in [3.63, 3.8) is 0 Å². The van der Waals surface area contributed by atoms with Crippen LogP contribution in [0.25, 0.3) is 0 Å². The van der Waals surface area contributed by atoms with Gasteiger partial charge >= 0.3 is 0 Å². The lowest BCUT2D eigenvalue weighted by Gasteiger charge is -2.23. The maximum Gasteiger partial charge on any atom is 0.224 e. The lowest BCUT2D eigenvalue weighted by Crippen LogP contribution is -2.41. The van der Waals surface area contributed by atoms with Gasteiger partial charge in [-0.3, -0.25) is 9.59 Å². The molecule has 1 fully saturated rings. The zero-order valence-corrected chi connectivity index (χ0v) is 12.1. The van der Waals surface area contributed by atoms with Gasteiger partial charge in [-0.25, -0.2) is 0 Å². The van der Waals surface area contributed by atoms with Crippen LogP contribution in [0.3, 0.4) is 0 Å². The highest BCUT2D eigenvalue weighted by molar-refractivity contribution is 5.80. The van der Waals surface area contributed by atoms with Crippen molar-refractivity contribution in [2.75, 3.05) is 19.8 Å². The first-order valence-corrected chi connectivity index (χ1v) is 7.42. The van der Waals surface area contributed by atoms with Crippen molar-refractivity contribution in [1.29, 1.82) is 0 Å². The minimum atomic E-state index is -0.0602. The Morgan fingerprint density at radius 1 is 1.19 bits per heavy atom. The van der Waals surface area contributed by atoms with Crippen LogP contribution in [0.5, 0.6) is 0 Å². The van der Waals surface area contributed by atoms with Gasteiger partial charge in [0.25, 0.3) is 0 Å². The van der Waals surface area contributed by atoms with E-state index in [1.807, 2.05) is 30.3 Å². The van der Waals surface area contributed by atoms with Gasteiger partial charge in [-0.2, -0.15) is 0 Å². The maximum absolute atomic E-state index is 11.7. The van der Waals surface area contributed by atoms with Crippen LogP contribution in [0.1, 0.15) is 24.8 Å². The van der Waals surface area contributed by atoms with Crippen LogP contribution in [0.2, 0.25) is 0 Å². The van der Waals surface area contributed by atoms with E-state index < -0.39 is 0 Å². The SMILES string of the molecule is O=C(Cc1ccccc1)NCCC(=O)N[C@H]1CCCOC1. The van der Waals surface area contributed by atoms with Crippen LogP contribution in [-0.4, -0.2) is 37.6 Å². The molecule has 0 saturated carbocycles. The van der Waals surface area contributed by atoms with E-state index in [0.717, 1.165) is 25.0 Å². The molecule has 2 rings (SSSR count). The molecule has 1 saturated heterocycles. The molecule has 0 bridgehead atoms. The Labute approximate surface area is 125 Å². The molecule has 1 heterocycles. The van der Waals surface area contributed by atoms with E-state index in [0.29, 0.717) is 26.0 Å². The van der Waals surface area contributed by atoms with E-state index in [9.17, 15) is 9.59 Å². The molecule has 1 aliphatic rings. The van der Waals surface area contributed by atoms with E-state index in [2.05, 4.69) is 10.6 Å². The molecule has 5 nitrogen and oxygen atoms in total. The first-order chi connectivity index (χ1) is 10.2. The van der Waals surface area contributed by atoms with E-state index in [1.165, 1.54) is 0 Å². The summed E-state index contributed by atoms with van der Waals surface area (Å²) in [5.41, 5.74) is 0.971. The molecular formula is C16H22N2O3. The smallest absolute Gasteiger partial charge is 0.224 e. The Morgan fingerprint density at radius 3 is 2.71 bits per heavy atom. The summed E-state index contributed by atoms with van der Waals surface area (Å²) in [5.74, 6) is -0.0967. The number of hydrogen-bond acceptors (Lipinski definition) is 3. The lowest BCUT2D eigenvalue weighted by atomic mass is 10.1. The number of amides is 2. The summed E-state index contributed by atoms with van der Waals surface area (Å²) in [5, 5.41) is 5.70. The van der Waals surface area contributed by atoms with Gasteiger partial charge in [-0.15, -0.1) is 0 Å². The quantitative estimate of drug-likeness (QED) is 0.822. The molecule has 0 aliphatic carbocycles. The molecule has 2 N–H and O–H groups in total. The van der Waals surface area contributed by atoms with Crippen molar-refractivity contribution in [2.45, 2.75) is 31.7 Å². The summed E-state index contributed by atoms with van der Waals surface area (Å²) in [6, 6.07) is 9.67. The van der Waals surface area contributed by atoms with Gasteiger partial charge in [0.1, 0.15) is 0 Å². The summed E-state index contributed by atoms with van der Waals surface area (Å²) in [6.45, 7) is 1.74. The van der Waals surface area contributed by atoms with Crippen molar-refractivity contribution in [3.05, 3.63) is 35.9 Å². The second-order valence-corrected chi connectivity index (χ2v) is 5.24. The third-order valence-corrected chi connectivity index (χ3v) is 3.41. The van der Waals surface area contributed by atoms with Crippen LogP contribution < -0.4 is 10.6 Å². The highest BCUT2D eigenvalue weighted by Gasteiger charge is 2.15. The maximum atomic E-state index is 11.7. The highest BCUT2D eigenvalue weighted by atomic mass is 16.5. The van der Waals surface area contributed by atoms with Crippen molar-refractivity contribution >= 4 is 11.8 Å². The number of ether oxygens (including phenoxy) is 1. The minimum Gasteiger partial charge on any atom is -0.379 e. The first kappa shape index (κ1) is 15.5. The fourth-order valence-corrected chi connectivity index (χ4v) is 2.31. The molecule has 1 aromatic carbocycles. The van der Waals surface area contributed by atoms with Gasteiger partial charge in [0.15, 0.2) is 0 Å². The second-order valence-electron chi connectivity index (χ2n) is 5.24. The predicted octanol–water partition coefficient (Wildman–Crippen LogP) is 1.03. The van der Waals surface area contributed by atoms with Crippen LogP contribution in [0.15, 0.2) is 30.3 Å². The van der Waals surface area contributed by atoms with Gasteiger partial charge < -0.3 is 15.4 Å². The summed E-state index contributed by atoms with van der Waals surface area (Å²) in [4.78, 5) is 23.5. The van der Waals surface area contributed by atoms with E-state index in [1.54, 1.807) is 0 Å². The Hall–Kier alpha value is -1.88. The van der Waals surface area contributed by atoms with Gasteiger partial charge in [0.05, 0.1) is 19.1 Å². The van der Waals surface area contributed by atoms with Crippen LogP contribution in [0, 0.1) is 0 Å². The summed E-state index contributed by atoms with van der Waals surface area (Å²) in [6.07, 6.45) is 2.60. The number of nitrogens with one attached hydrogen (secondary N) is 2. The molecule has 21 heavy (non-hydrogen) atoms. The normalized spacial score (nSPS) is 18.0. The topological polar surface area (TPSA) is 67.4 Å². The number of rotatable bonds is 6. The molecule has 0 spiro atoms. The molecule has 1 aromatic rings. The second kappa shape index (κ2) is 8.42. The number of benzene rings is 1. The van der Waals surface area contributed by atoms with Crippen LogP contribution >= 0.6 is 0 Å². The first-order valence-electron chi connectivity index (χ1n) is 7.42. The third-order valence-electron chi connectivity index (χ3n) is 3.41. The molecule has 0 unspecified atom stereocenters. The monoisotopic (exact) mass is 290 g/mol. The molecule has 2 amide bonds. The number of carbonyl (C=O) groups excluding carboxylic acids is 2. The Bertz CT molecular complexity index is 456. The van der Waals surface area contributed by atoms with Crippen molar-refractivity contribution < 1.29 is 14.3 Å². The minimum absolute atomic E-state index is 0.0366. The summed E-state index contributed by atoms with van der Waals surface area (Å²) >= 11 is 0. The summed E-state index contributed by atoms with van der Waals surface area (Å²) in [7, 11) is 0. The van der Waals surface area contributed by atoms with Crippen LogP contribution in [0.4, 0.5) is 0 Å². The van der Waals surface area contributed by atoms with E-state index in [-0.39, 0.29) is 17.9 Å². The lowest BCUT2D eigenvalue weighted by molar-refractivity contribution is -0.123. The molecule has 0 radical (unpaired) electrons. The van der Waals surface area contributed by atoms with Gasteiger partial charge in [-0.05, 0) is 18.4 Å². The Kier molecular flexibility index (Phi) is 6.22. The van der Waals surface area contributed by atoms with E-state index in [4.69, 9.17) is 4.74 Å². The fourth-order valence-electron chi connectivity index (χ4n) is 2.31. The largest absolute Gasteiger partial charge is 0.379 e. The molecule has 114 valence electrons. The molecular weight excluding hydrogens is 268 g/mol. The molecule has 0 aromatic heterocycles. The van der Waals surface area contributed by atoms with Crippen LogP contribution in [-0.2, 0) is 20.7 Å². The average Bonchev–Trinajstić information content (AvgIpc) is 2.49. The van der Waals surface area contributed by atoms with Crippen molar-refractivity contribution in [3.8, 4) is 0 Å². The molecule has 1 aliphatic heterocycles. The van der Waals surface area contributed by atoms with Crippen molar-refractivity contribution in [2.24, 2.45) is 0 Å². The highest BCUT2D eigenvalue weighted by Crippen LogP contribution is 2.05. The van der Waals surface area contributed by atoms with Gasteiger partial charge in [-0.1, -0.05) is 30.3 Å². The van der Waals surface area contributed by atoms with Gasteiger partial charge in [0, 0.05) is 19.6 Å². The fraction of sp³-hybridized carbons (Fsp3) is 0.500. The zero-order chi connectivity index (χ0) is 14.9. The van der Waals surface area contributed by atoms with Crippen molar-refractivity contribution in [1.82, 2.24) is 10.6 Å². The zero-order valence-electron chi connectivity index (χ0n) is 12.1. The molecule has 5 heteroatoms. The van der Waals surface area contributed by atoms with E-state index >= 15 is 0 Å². The Balaban J connectivity index is 1.60. The number of hydrogen-bond donors (Lipinski definition) is 2.